The van der Waals surface area contributed by atoms with Crippen LogP contribution in [0.2, 0.25) is 0 Å². The van der Waals surface area contributed by atoms with Crippen LogP contribution in [0, 0.1) is 0 Å². The lowest BCUT2D eigenvalue weighted by Crippen LogP contribution is -2.53. The van der Waals surface area contributed by atoms with Crippen molar-refractivity contribution >= 4 is 5.91 Å². The molecule has 5 N–H and O–H groups in total. The second-order valence-electron chi connectivity index (χ2n) is 22.5. The van der Waals surface area contributed by atoms with Gasteiger partial charge in [-0.1, -0.05) is 334 Å². The molecular formula is C64H127NO5. The molecule has 418 valence electrons. The fourth-order valence-electron chi connectivity index (χ4n) is 10.5. The summed E-state index contributed by atoms with van der Waals surface area (Å²) >= 11 is 0. The number of hydrogen-bond acceptors (Lipinski definition) is 5. The van der Waals surface area contributed by atoms with Crippen molar-refractivity contribution in [1.82, 2.24) is 5.32 Å². The van der Waals surface area contributed by atoms with Crippen molar-refractivity contribution in [3.63, 3.8) is 0 Å². The SMILES string of the molecule is CCCCCCCCCCCCCCCC/C=C\CCCCCCCCCCCCCCCCCCC(O)C(=O)NC(CO)C(O)C(O)CCCCCCCCCCCCCCCCCCCCCC. The first-order valence-corrected chi connectivity index (χ1v) is 32.1. The van der Waals surface area contributed by atoms with E-state index in [2.05, 4.69) is 31.3 Å². The standard InChI is InChI=1S/C64H127NO5/c1-3-5-7-9-11-13-15-17-19-21-23-25-26-27-28-29-30-31-32-33-34-35-36-37-38-40-42-44-46-48-50-52-54-56-58-62(68)64(70)65-60(59-66)63(69)61(67)57-55-53-51-49-47-45-43-41-39-24-22-20-18-16-14-12-10-8-6-4-2/h29-30,60-63,66-69H,3-28,31-59H2,1-2H3,(H,65,70)/b30-29-. The van der Waals surface area contributed by atoms with Crippen LogP contribution in [-0.2, 0) is 4.79 Å². The molecular weight excluding hydrogens is 863 g/mol. The first-order chi connectivity index (χ1) is 34.5. The van der Waals surface area contributed by atoms with E-state index >= 15 is 0 Å². The van der Waals surface area contributed by atoms with E-state index in [1.165, 1.54) is 295 Å². The summed E-state index contributed by atoms with van der Waals surface area (Å²) in [5, 5.41) is 44.1. The van der Waals surface area contributed by atoms with E-state index < -0.39 is 36.9 Å². The van der Waals surface area contributed by atoms with Gasteiger partial charge in [0.1, 0.15) is 12.2 Å². The van der Waals surface area contributed by atoms with Crippen LogP contribution < -0.4 is 5.32 Å². The summed E-state index contributed by atoms with van der Waals surface area (Å²) in [5.74, 6) is -0.576. The van der Waals surface area contributed by atoms with E-state index in [0.29, 0.717) is 12.8 Å². The molecule has 0 aliphatic carbocycles. The molecule has 0 spiro atoms. The summed E-state index contributed by atoms with van der Waals surface area (Å²) in [6.45, 7) is 4.10. The van der Waals surface area contributed by atoms with Gasteiger partial charge in [-0.3, -0.25) is 4.79 Å². The maximum atomic E-state index is 12.6. The third-order valence-electron chi connectivity index (χ3n) is 15.5. The fraction of sp³-hybridized carbons (Fsp3) is 0.953. The number of unbranched alkanes of at least 4 members (excludes halogenated alkanes) is 49. The van der Waals surface area contributed by atoms with Crippen LogP contribution in [0.3, 0.4) is 0 Å². The number of rotatable bonds is 60. The first kappa shape index (κ1) is 69.0. The highest BCUT2D eigenvalue weighted by Crippen LogP contribution is 2.19. The van der Waals surface area contributed by atoms with Gasteiger partial charge in [0.2, 0.25) is 5.91 Å². The fourth-order valence-corrected chi connectivity index (χ4v) is 10.5. The third kappa shape index (κ3) is 51.9. The van der Waals surface area contributed by atoms with Gasteiger partial charge in [-0.15, -0.1) is 0 Å². The molecule has 0 heterocycles. The van der Waals surface area contributed by atoms with Crippen molar-refractivity contribution in [2.24, 2.45) is 0 Å². The molecule has 0 aliphatic heterocycles. The zero-order chi connectivity index (χ0) is 50.9. The predicted molar refractivity (Wildman–Crippen MR) is 307 cm³/mol. The number of hydrogen-bond donors (Lipinski definition) is 5. The van der Waals surface area contributed by atoms with Gasteiger partial charge in [-0.05, 0) is 38.5 Å². The molecule has 0 aromatic carbocycles. The summed E-state index contributed by atoms with van der Waals surface area (Å²) in [6, 6.07) is -0.983. The Kier molecular flexibility index (Phi) is 58.1. The molecule has 0 radical (unpaired) electrons. The van der Waals surface area contributed by atoms with Crippen molar-refractivity contribution in [1.29, 1.82) is 0 Å². The number of aliphatic hydroxyl groups excluding tert-OH is 4. The molecule has 0 aliphatic rings. The minimum atomic E-state index is -1.26. The predicted octanol–water partition coefficient (Wildman–Crippen LogP) is 19.2. The van der Waals surface area contributed by atoms with Crippen LogP contribution in [0.4, 0.5) is 0 Å². The van der Waals surface area contributed by atoms with Gasteiger partial charge in [0.15, 0.2) is 0 Å². The van der Waals surface area contributed by atoms with E-state index in [1.54, 1.807) is 0 Å². The van der Waals surface area contributed by atoms with E-state index in [9.17, 15) is 25.2 Å². The molecule has 0 fully saturated rings. The van der Waals surface area contributed by atoms with Crippen molar-refractivity contribution in [3.8, 4) is 0 Å². The van der Waals surface area contributed by atoms with Gasteiger partial charge >= 0.3 is 0 Å². The van der Waals surface area contributed by atoms with Gasteiger partial charge < -0.3 is 25.7 Å². The highest BCUT2D eigenvalue weighted by molar-refractivity contribution is 5.80. The molecule has 0 saturated heterocycles. The van der Waals surface area contributed by atoms with Crippen LogP contribution in [-0.4, -0.2) is 57.3 Å². The Morgan fingerprint density at radius 2 is 0.571 bits per heavy atom. The quantitative estimate of drug-likeness (QED) is 0.0308. The molecule has 0 rings (SSSR count). The Hall–Kier alpha value is -0.950. The number of carbonyl (C=O) groups excluding carboxylic acids is 1. The highest BCUT2D eigenvalue weighted by atomic mass is 16.3. The number of nitrogens with one attached hydrogen (secondary N) is 1. The molecule has 6 heteroatoms. The zero-order valence-electron chi connectivity index (χ0n) is 47.6. The number of amides is 1. The van der Waals surface area contributed by atoms with Crippen LogP contribution in [0.25, 0.3) is 0 Å². The van der Waals surface area contributed by atoms with Crippen LogP contribution in [0.15, 0.2) is 12.2 Å². The first-order valence-electron chi connectivity index (χ1n) is 32.1. The van der Waals surface area contributed by atoms with E-state index in [0.717, 1.165) is 38.5 Å². The average molecular weight is 991 g/mol. The number of allylic oxidation sites excluding steroid dienone is 2. The maximum absolute atomic E-state index is 12.6. The third-order valence-corrected chi connectivity index (χ3v) is 15.5. The summed E-state index contributed by atoms with van der Waals surface area (Å²) in [7, 11) is 0. The monoisotopic (exact) mass is 990 g/mol. The number of aliphatic hydroxyl groups is 4. The molecule has 1 amide bonds. The van der Waals surface area contributed by atoms with E-state index in [1.807, 2.05) is 0 Å². The Morgan fingerprint density at radius 1 is 0.343 bits per heavy atom. The minimum Gasteiger partial charge on any atom is -0.394 e. The molecule has 6 nitrogen and oxygen atoms in total. The zero-order valence-corrected chi connectivity index (χ0v) is 47.6. The molecule has 4 atom stereocenters. The Labute approximate surface area is 438 Å². The summed E-state index contributed by atoms with van der Waals surface area (Å²) < 4.78 is 0. The molecule has 70 heavy (non-hydrogen) atoms. The average Bonchev–Trinajstić information content (AvgIpc) is 3.36. The van der Waals surface area contributed by atoms with Crippen molar-refractivity contribution in [2.75, 3.05) is 6.61 Å². The van der Waals surface area contributed by atoms with Gasteiger partial charge in [0, 0.05) is 0 Å². The molecule has 4 unspecified atom stereocenters. The molecule has 0 aromatic heterocycles. The van der Waals surface area contributed by atoms with E-state index in [4.69, 9.17) is 0 Å². The lowest BCUT2D eigenvalue weighted by molar-refractivity contribution is -0.132. The van der Waals surface area contributed by atoms with Crippen LogP contribution in [0.5, 0.6) is 0 Å². The van der Waals surface area contributed by atoms with Crippen LogP contribution in [0.1, 0.15) is 361 Å². The molecule has 0 saturated carbocycles. The van der Waals surface area contributed by atoms with Crippen molar-refractivity contribution < 1.29 is 25.2 Å². The molecule has 0 aromatic rings. The smallest absolute Gasteiger partial charge is 0.249 e. The topological polar surface area (TPSA) is 110 Å². The Balaban J connectivity index is 3.53. The van der Waals surface area contributed by atoms with Crippen molar-refractivity contribution in [3.05, 3.63) is 12.2 Å². The van der Waals surface area contributed by atoms with Crippen molar-refractivity contribution in [2.45, 2.75) is 385 Å². The normalized spacial score (nSPS) is 13.6. The second-order valence-corrected chi connectivity index (χ2v) is 22.5. The van der Waals surface area contributed by atoms with Gasteiger partial charge in [-0.25, -0.2) is 0 Å². The Morgan fingerprint density at radius 3 is 0.829 bits per heavy atom. The van der Waals surface area contributed by atoms with Gasteiger partial charge in [0.05, 0.1) is 18.8 Å². The summed E-state index contributed by atoms with van der Waals surface area (Å²) in [4.78, 5) is 12.6. The minimum absolute atomic E-state index is 0.374. The maximum Gasteiger partial charge on any atom is 0.249 e. The lowest BCUT2D eigenvalue weighted by atomic mass is 9.99. The summed E-state index contributed by atoms with van der Waals surface area (Å²) in [6.07, 6.45) is 71.7. The largest absolute Gasteiger partial charge is 0.394 e. The van der Waals surface area contributed by atoms with Gasteiger partial charge in [-0.2, -0.15) is 0 Å². The summed E-state index contributed by atoms with van der Waals surface area (Å²) in [5.41, 5.74) is 0. The number of carbonyl (C=O) groups is 1. The highest BCUT2D eigenvalue weighted by Gasteiger charge is 2.28. The Bertz CT molecular complexity index is 1020. The van der Waals surface area contributed by atoms with Gasteiger partial charge in [0.25, 0.3) is 0 Å². The molecule has 0 bridgehead atoms. The van der Waals surface area contributed by atoms with E-state index in [-0.39, 0.29) is 0 Å². The second kappa shape index (κ2) is 58.9. The van der Waals surface area contributed by atoms with Crippen LogP contribution >= 0.6 is 0 Å². The lowest BCUT2D eigenvalue weighted by Gasteiger charge is -2.27.